The molecule has 0 bridgehead atoms. The summed E-state index contributed by atoms with van der Waals surface area (Å²) in [6, 6.07) is 3.20. The minimum atomic E-state index is -4.62. The molecule has 0 spiro atoms. The number of H-pyrrole nitrogens is 1. The van der Waals surface area contributed by atoms with Gasteiger partial charge in [0.2, 0.25) is 5.91 Å². The topological polar surface area (TPSA) is 85.5 Å². The second-order valence-electron chi connectivity index (χ2n) is 7.99. The molecule has 0 saturated carbocycles. The van der Waals surface area contributed by atoms with E-state index < -0.39 is 22.7 Å². The average Bonchev–Trinajstić information content (AvgIpc) is 3.02. The van der Waals surface area contributed by atoms with Crippen LogP contribution in [0.4, 0.5) is 18.9 Å². The molecule has 3 rings (SSSR count). The van der Waals surface area contributed by atoms with Gasteiger partial charge in [0.25, 0.3) is 5.91 Å². The molecule has 7 nitrogen and oxygen atoms in total. The number of piperazine rings is 1. The van der Waals surface area contributed by atoms with Gasteiger partial charge < -0.3 is 15.2 Å². The molecule has 2 N–H and O–H groups in total. The number of hydrogen-bond donors (Lipinski definition) is 2. The van der Waals surface area contributed by atoms with E-state index in [0.717, 1.165) is 12.1 Å². The molecular weight excluding hydrogens is 461 g/mol. The van der Waals surface area contributed by atoms with Crippen LogP contribution in [0.2, 0.25) is 5.02 Å². The molecule has 2 aromatic rings. The third-order valence-corrected chi connectivity index (χ3v) is 5.92. The van der Waals surface area contributed by atoms with E-state index in [9.17, 15) is 27.6 Å². The van der Waals surface area contributed by atoms with Crippen LogP contribution in [0.15, 0.2) is 18.2 Å². The highest BCUT2D eigenvalue weighted by Crippen LogP contribution is 2.36. The van der Waals surface area contributed by atoms with Crippen LogP contribution >= 0.6 is 11.6 Å². The number of benzene rings is 1. The number of nitrogens with zero attached hydrogens (tertiary/aromatic N) is 2. The lowest BCUT2D eigenvalue weighted by molar-refractivity contribution is -0.137. The molecule has 2 heterocycles. The highest BCUT2D eigenvalue weighted by atomic mass is 35.5. The molecule has 0 radical (unpaired) electrons. The van der Waals surface area contributed by atoms with Crippen LogP contribution in [0.3, 0.4) is 0 Å². The van der Waals surface area contributed by atoms with Gasteiger partial charge >= 0.3 is 6.18 Å². The third-order valence-electron chi connectivity index (χ3n) is 5.59. The fraction of sp³-hybridized carbons (Fsp3) is 0.409. The molecule has 2 amide bonds. The summed E-state index contributed by atoms with van der Waals surface area (Å²) in [5, 5.41) is 2.02. The van der Waals surface area contributed by atoms with Crippen LogP contribution in [0.5, 0.6) is 0 Å². The van der Waals surface area contributed by atoms with Crippen molar-refractivity contribution in [3.63, 3.8) is 0 Å². The van der Waals surface area contributed by atoms with Crippen molar-refractivity contribution in [2.75, 3.05) is 38.0 Å². The highest BCUT2D eigenvalue weighted by molar-refractivity contribution is 6.31. The van der Waals surface area contributed by atoms with E-state index in [1.807, 2.05) is 4.90 Å². The van der Waals surface area contributed by atoms with Crippen molar-refractivity contribution in [2.45, 2.75) is 26.9 Å². The molecule has 0 aliphatic carbocycles. The van der Waals surface area contributed by atoms with Crippen molar-refractivity contribution in [1.82, 2.24) is 14.8 Å². The number of anilines is 1. The van der Waals surface area contributed by atoms with E-state index in [2.05, 4.69) is 10.3 Å². The first-order valence-electron chi connectivity index (χ1n) is 10.3. The van der Waals surface area contributed by atoms with Gasteiger partial charge in [-0.15, -0.1) is 0 Å². The zero-order valence-corrected chi connectivity index (χ0v) is 19.2. The first-order valence-corrected chi connectivity index (χ1v) is 10.6. The van der Waals surface area contributed by atoms with Gasteiger partial charge in [0.15, 0.2) is 5.78 Å². The SMILES string of the molecule is CC(=O)c1c(C)[nH]c(C(=O)N2CCN(CC(=O)Nc3ccc(Cl)c(C(F)(F)F)c3)CC2)c1C. The van der Waals surface area contributed by atoms with Gasteiger partial charge in [0.1, 0.15) is 5.69 Å². The number of aryl methyl sites for hydroxylation is 1. The average molecular weight is 485 g/mol. The first kappa shape index (κ1) is 24.8. The van der Waals surface area contributed by atoms with Crippen LogP contribution in [-0.2, 0) is 11.0 Å². The van der Waals surface area contributed by atoms with Gasteiger partial charge in [-0.05, 0) is 44.5 Å². The van der Waals surface area contributed by atoms with Crippen LogP contribution in [0.1, 0.15) is 44.6 Å². The van der Waals surface area contributed by atoms with Crippen molar-refractivity contribution in [2.24, 2.45) is 0 Å². The van der Waals surface area contributed by atoms with Crippen molar-refractivity contribution < 1.29 is 27.6 Å². The van der Waals surface area contributed by atoms with E-state index in [-0.39, 0.29) is 23.9 Å². The fourth-order valence-corrected chi connectivity index (χ4v) is 4.21. The van der Waals surface area contributed by atoms with E-state index in [1.54, 1.807) is 18.7 Å². The Morgan fingerprint density at radius 3 is 2.30 bits per heavy atom. The molecule has 0 atom stereocenters. The Bertz CT molecular complexity index is 1090. The number of carbonyl (C=O) groups excluding carboxylic acids is 3. The zero-order valence-electron chi connectivity index (χ0n) is 18.4. The maximum absolute atomic E-state index is 13.0. The van der Waals surface area contributed by atoms with Gasteiger partial charge in [0, 0.05) is 43.1 Å². The summed E-state index contributed by atoms with van der Waals surface area (Å²) >= 11 is 5.60. The molecule has 11 heteroatoms. The van der Waals surface area contributed by atoms with E-state index in [1.165, 1.54) is 13.0 Å². The number of rotatable bonds is 5. The molecule has 1 aromatic carbocycles. The standard InChI is InChI=1S/C22H24ClF3N4O3/c1-12-19(14(3)31)13(2)27-20(12)21(33)30-8-6-29(7-9-30)11-18(32)28-15-4-5-17(23)16(10-15)22(24,25)26/h4-5,10,27H,6-9,11H2,1-3H3,(H,28,32). The summed E-state index contributed by atoms with van der Waals surface area (Å²) in [6.07, 6.45) is -4.62. The number of aromatic nitrogens is 1. The zero-order chi connectivity index (χ0) is 24.5. The van der Waals surface area contributed by atoms with Crippen LogP contribution in [0.25, 0.3) is 0 Å². The van der Waals surface area contributed by atoms with E-state index in [4.69, 9.17) is 11.6 Å². The Kier molecular flexibility index (Phi) is 7.18. The molecule has 1 aliphatic rings. The number of amides is 2. The predicted octanol–water partition coefficient (Wildman–Crippen LogP) is 3.90. The van der Waals surface area contributed by atoms with E-state index in [0.29, 0.717) is 48.7 Å². The summed E-state index contributed by atoms with van der Waals surface area (Å²) in [6.45, 7) is 6.49. The number of ketones is 1. The van der Waals surface area contributed by atoms with E-state index >= 15 is 0 Å². The number of carbonyl (C=O) groups is 3. The Labute approximate surface area is 193 Å². The highest BCUT2D eigenvalue weighted by Gasteiger charge is 2.33. The normalized spacial score (nSPS) is 14.9. The van der Waals surface area contributed by atoms with Crippen LogP contribution in [0, 0.1) is 13.8 Å². The second-order valence-corrected chi connectivity index (χ2v) is 8.40. The number of alkyl halides is 3. The largest absolute Gasteiger partial charge is 0.417 e. The van der Waals surface area contributed by atoms with Gasteiger partial charge in [0.05, 0.1) is 17.1 Å². The molecule has 1 saturated heterocycles. The molecule has 0 unspecified atom stereocenters. The van der Waals surface area contributed by atoms with Gasteiger partial charge in [-0.25, -0.2) is 0 Å². The predicted molar refractivity (Wildman–Crippen MR) is 118 cm³/mol. The molecular formula is C22H24ClF3N4O3. The minimum Gasteiger partial charge on any atom is -0.354 e. The fourth-order valence-electron chi connectivity index (χ4n) is 3.98. The number of nitrogens with one attached hydrogen (secondary N) is 2. The molecule has 33 heavy (non-hydrogen) atoms. The Hall–Kier alpha value is -2.85. The smallest absolute Gasteiger partial charge is 0.354 e. The van der Waals surface area contributed by atoms with Crippen LogP contribution in [-0.4, -0.2) is 65.1 Å². The Balaban J connectivity index is 1.57. The molecule has 178 valence electrons. The van der Waals surface area contributed by atoms with Crippen molar-refractivity contribution >= 4 is 34.9 Å². The number of aromatic amines is 1. The summed E-state index contributed by atoms with van der Waals surface area (Å²) in [5.41, 5.74) is 1.15. The van der Waals surface area contributed by atoms with Gasteiger partial charge in [-0.1, -0.05) is 11.6 Å². The van der Waals surface area contributed by atoms with Crippen molar-refractivity contribution in [3.05, 3.63) is 51.3 Å². The Morgan fingerprint density at radius 1 is 1.12 bits per heavy atom. The quantitative estimate of drug-likeness (QED) is 0.630. The van der Waals surface area contributed by atoms with Gasteiger partial charge in [-0.3, -0.25) is 19.3 Å². The minimum absolute atomic E-state index is 0.00408. The number of halogens is 4. The van der Waals surface area contributed by atoms with Gasteiger partial charge in [-0.2, -0.15) is 13.2 Å². The second kappa shape index (κ2) is 9.56. The summed E-state index contributed by atoms with van der Waals surface area (Å²) < 4.78 is 39.0. The summed E-state index contributed by atoms with van der Waals surface area (Å²) in [7, 11) is 0. The van der Waals surface area contributed by atoms with Crippen molar-refractivity contribution in [3.8, 4) is 0 Å². The molecule has 1 aromatic heterocycles. The van der Waals surface area contributed by atoms with Crippen molar-refractivity contribution in [1.29, 1.82) is 0 Å². The summed E-state index contributed by atoms with van der Waals surface area (Å²) in [5.74, 6) is -0.792. The molecule has 1 aliphatic heterocycles. The lowest BCUT2D eigenvalue weighted by atomic mass is 10.1. The summed E-state index contributed by atoms with van der Waals surface area (Å²) in [4.78, 5) is 43.5. The van der Waals surface area contributed by atoms with Crippen LogP contribution < -0.4 is 5.32 Å². The molecule has 1 fully saturated rings. The first-order chi connectivity index (χ1) is 15.4. The lowest BCUT2D eigenvalue weighted by Gasteiger charge is -2.34. The maximum Gasteiger partial charge on any atom is 0.417 e. The maximum atomic E-state index is 13.0. The third kappa shape index (κ3) is 5.56. The lowest BCUT2D eigenvalue weighted by Crippen LogP contribution is -2.50. The monoisotopic (exact) mass is 484 g/mol. The Morgan fingerprint density at radius 2 is 1.76 bits per heavy atom. The number of hydrogen-bond acceptors (Lipinski definition) is 4. The number of Topliss-reactive ketones (excluding diaryl/α,β-unsaturated/α-hetero) is 1.